The molecule has 0 aliphatic carbocycles. The number of esters is 1. The van der Waals surface area contributed by atoms with Crippen molar-refractivity contribution in [3.05, 3.63) is 32.7 Å². The quantitative estimate of drug-likeness (QED) is 0.767. The van der Waals surface area contributed by atoms with Crippen LogP contribution in [0.25, 0.3) is 0 Å². The minimum Gasteiger partial charge on any atom is -0.465 e. The second kappa shape index (κ2) is 5.19. The summed E-state index contributed by atoms with van der Waals surface area (Å²) < 4.78 is 5.81. The van der Waals surface area contributed by atoms with Gasteiger partial charge in [-0.3, -0.25) is 9.59 Å². The highest BCUT2D eigenvalue weighted by atomic mass is 35.5. The van der Waals surface area contributed by atoms with Gasteiger partial charge >= 0.3 is 5.97 Å². The van der Waals surface area contributed by atoms with Gasteiger partial charge in [-0.2, -0.15) is 0 Å². The molecule has 1 rings (SSSR count). The first kappa shape index (κ1) is 12.1. The molecule has 0 aromatic carbocycles. The summed E-state index contributed by atoms with van der Waals surface area (Å²) in [5.41, 5.74) is -0.464. The van der Waals surface area contributed by atoms with Gasteiger partial charge in [-0.15, -0.1) is 0 Å². The molecule has 0 fully saturated rings. The molecule has 0 amide bonds. The lowest BCUT2D eigenvalue weighted by Crippen LogP contribution is -2.25. The Morgan fingerprint density at radius 1 is 1.53 bits per heavy atom. The van der Waals surface area contributed by atoms with E-state index in [9.17, 15) is 9.59 Å². The third-order valence-electron chi connectivity index (χ3n) is 1.61. The number of pyridine rings is 1. The number of nitrogens with zero attached hydrogens (tertiary/aromatic N) is 1. The van der Waals surface area contributed by atoms with Crippen molar-refractivity contribution < 1.29 is 9.53 Å². The summed E-state index contributed by atoms with van der Waals surface area (Å²) in [7, 11) is 0. The lowest BCUT2D eigenvalue weighted by atomic mass is 10.4. The summed E-state index contributed by atoms with van der Waals surface area (Å²) in [6, 6.07) is 1.33. The molecule has 0 saturated heterocycles. The van der Waals surface area contributed by atoms with Crippen molar-refractivity contribution in [3.8, 4) is 0 Å². The Morgan fingerprint density at radius 3 is 2.80 bits per heavy atom. The van der Waals surface area contributed by atoms with E-state index >= 15 is 0 Å². The molecule has 1 aromatic rings. The Morgan fingerprint density at radius 2 is 2.20 bits per heavy atom. The third-order valence-corrected chi connectivity index (χ3v) is 2.09. The Hall–Kier alpha value is -1.00. The highest BCUT2D eigenvalue weighted by molar-refractivity contribution is 6.34. The van der Waals surface area contributed by atoms with Gasteiger partial charge in [0, 0.05) is 6.20 Å². The summed E-state index contributed by atoms with van der Waals surface area (Å²) in [5, 5.41) is 0.274. The standard InChI is InChI=1S/C9H9Cl2NO3/c1-2-15-8(13)5-12-4-6(10)3-7(11)9(12)14/h3-4H,2,5H2,1H3. The predicted octanol–water partition coefficient (Wildman–Crippen LogP) is 1.72. The maximum atomic E-state index is 11.4. The predicted molar refractivity (Wildman–Crippen MR) is 57.4 cm³/mol. The van der Waals surface area contributed by atoms with E-state index in [2.05, 4.69) is 0 Å². The van der Waals surface area contributed by atoms with Gasteiger partial charge in [-0.25, -0.2) is 0 Å². The van der Waals surface area contributed by atoms with Crippen LogP contribution in [0.15, 0.2) is 17.1 Å². The molecule has 82 valence electrons. The molecule has 4 nitrogen and oxygen atoms in total. The van der Waals surface area contributed by atoms with Crippen LogP contribution in [-0.2, 0) is 16.1 Å². The molecule has 0 N–H and O–H groups in total. The van der Waals surface area contributed by atoms with E-state index in [-0.39, 0.29) is 18.2 Å². The molecule has 1 aromatic heterocycles. The Balaban J connectivity index is 2.95. The zero-order chi connectivity index (χ0) is 11.4. The average molecular weight is 250 g/mol. The van der Waals surface area contributed by atoms with Gasteiger partial charge in [-0.05, 0) is 13.0 Å². The van der Waals surface area contributed by atoms with E-state index in [1.807, 2.05) is 0 Å². The number of hydrogen-bond donors (Lipinski definition) is 0. The van der Waals surface area contributed by atoms with Crippen LogP contribution in [0.1, 0.15) is 6.92 Å². The molecule has 0 bridgehead atoms. The van der Waals surface area contributed by atoms with Crippen molar-refractivity contribution in [2.75, 3.05) is 6.61 Å². The van der Waals surface area contributed by atoms with Crippen LogP contribution in [0.5, 0.6) is 0 Å². The fraction of sp³-hybridized carbons (Fsp3) is 0.333. The molecule has 0 aliphatic rings. The number of carbonyl (C=O) groups is 1. The molecule has 15 heavy (non-hydrogen) atoms. The fourth-order valence-corrected chi connectivity index (χ4v) is 1.54. The Labute approximate surface area is 96.4 Å². The molecule has 1 heterocycles. The second-order valence-corrected chi connectivity index (χ2v) is 3.59. The number of aromatic nitrogens is 1. The summed E-state index contributed by atoms with van der Waals surface area (Å²) in [6.45, 7) is 1.76. The molecule has 0 saturated carbocycles. The lowest BCUT2D eigenvalue weighted by molar-refractivity contribution is -0.143. The summed E-state index contributed by atoms with van der Waals surface area (Å²) >= 11 is 11.3. The maximum Gasteiger partial charge on any atom is 0.326 e. The van der Waals surface area contributed by atoms with Crippen LogP contribution in [0.3, 0.4) is 0 Å². The maximum absolute atomic E-state index is 11.4. The van der Waals surface area contributed by atoms with Gasteiger partial charge in [0.2, 0.25) is 0 Å². The van der Waals surface area contributed by atoms with Crippen LogP contribution >= 0.6 is 23.2 Å². The third kappa shape index (κ3) is 3.25. The average Bonchev–Trinajstić information content (AvgIpc) is 2.13. The highest BCUT2D eigenvalue weighted by Gasteiger charge is 2.08. The number of ether oxygens (including phenoxy) is 1. The zero-order valence-corrected chi connectivity index (χ0v) is 9.51. The van der Waals surface area contributed by atoms with E-state index in [1.54, 1.807) is 6.92 Å². The van der Waals surface area contributed by atoms with Gasteiger partial charge in [0.05, 0.1) is 11.6 Å². The van der Waals surface area contributed by atoms with Crippen LogP contribution in [0, 0.1) is 0 Å². The number of hydrogen-bond acceptors (Lipinski definition) is 3. The molecule has 6 heteroatoms. The van der Waals surface area contributed by atoms with Gasteiger partial charge in [0.15, 0.2) is 0 Å². The van der Waals surface area contributed by atoms with Crippen molar-refractivity contribution in [2.24, 2.45) is 0 Å². The molecular weight excluding hydrogens is 241 g/mol. The summed E-state index contributed by atoms with van der Waals surface area (Å²) in [4.78, 5) is 22.5. The smallest absolute Gasteiger partial charge is 0.326 e. The molecule has 0 spiro atoms. The van der Waals surface area contributed by atoms with Crippen LogP contribution in [0.2, 0.25) is 10.0 Å². The van der Waals surface area contributed by atoms with E-state index in [0.29, 0.717) is 5.02 Å². The number of rotatable bonds is 3. The van der Waals surface area contributed by atoms with E-state index < -0.39 is 11.5 Å². The van der Waals surface area contributed by atoms with Crippen LogP contribution in [-0.4, -0.2) is 17.1 Å². The highest BCUT2D eigenvalue weighted by Crippen LogP contribution is 2.10. The summed E-state index contributed by atoms with van der Waals surface area (Å²) in [6.07, 6.45) is 1.34. The van der Waals surface area contributed by atoms with Crippen LogP contribution in [0.4, 0.5) is 0 Å². The van der Waals surface area contributed by atoms with Gasteiger partial charge in [0.1, 0.15) is 11.6 Å². The molecule has 0 unspecified atom stereocenters. The fourth-order valence-electron chi connectivity index (χ4n) is 1.03. The normalized spacial score (nSPS) is 10.1. The largest absolute Gasteiger partial charge is 0.465 e. The van der Waals surface area contributed by atoms with Crippen molar-refractivity contribution in [1.29, 1.82) is 0 Å². The minimum atomic E-state index is -0.502. The summed E-state index contributed by atoms with van der Waals surface area (Å²) in [5.74, 6) is -0.502. The molecule has 0 atom stereocenters. The van der Waals surface area contributed by atoms with E-state index in [4.69, 9.17) is 27.9 Å². The Bertz CT molecular complexity index is 428. The van der Waals surface area contributed by atoms with E-state index in [1.165, 1.54) is 12.3 Å². The van der Waals surface area contributed by atoms with E-state index in [0.717, 1.165) is 4.57 Å². The monoisotopic (exact) mass is 249 g/mol. The Kier molecular flexibility index (Phi) is 4.17. The second-order valence-electron chi connectivity index (χ2n) is 2.74. The van der Waals surface area contributed by atoms with Crippen molar-refractivity contribution in [2.45, 2.75) is 13.5 Å². The van der Waals surface area contributed by atoms with Gasteiger partial charge < -0.3 is 9.30 Å². The van der Waals surface area contributed by atoms with Crippen LogP contribution < -0.4 is 5.56 Å². The van der Waals surface area contributed by atoms with Crippen molar-refractivity contribution >= 4 is 29.2 Å². The first-order valence-corrected chi connectivity index (χ1v) is 5.01. The molecular formula is C9H9Cl2NO3. The van der Waals surface area contributed by atoms with Gasteiger partial charge in [-0.1, -0.05) is 23.2 Å². The number of halogens is 2. The SMILES string of the molecule is CCOC(=O)Cn1cc(Cl)cc(Cl)c1=O. The zero-order valence-electron chi connectivity index (χ0n) is 8.00. The first-order chi connectivity index (χ1) is 7.04. The first-order valence-electron chi connectivity index (χ1n) is 4.25. The van der Waals surface area contributed by atoms with Gasteiger partial charge in [0.25, 0.3) is 5.56 Å². The molecule has 0 radical (unpaired) electrons. The van der Waals surface area contributed by atoms with Crippen molar-refractivity contribution in [3.63, 3.8) is 0 Å². The molecule has 0 aliphatic heterocycles. The lowest BCUT2D eigenvalue weighted by Gasteiger charge is -2.06. The number of carbonyl (C=O) groups excluding carboxylic acids is 1. The van der Waals surface area contributed by atoms with Crippen molar-refractivity contribution in [1.82, 2.24) is 4.57 Å². The minimum absolute atomic E-state index is 0.0215. The topological polar surface area (TPSA) is 48.3 Å².